The molecule has 19 heavy (non-hydrogen) atoms. The maximum atomic E-state index is 11.8. The van der Waals surface area contributed by atoms with Gasteiger partial charge in [-0.2, -0.15) is 0 Å². The number of carbonyl (C=O) groups is 1. The number of aromatic nitrogens is 1. The van der Waals surface area contributed by atoms with Gasteiger partial charge in [-0.25, -0.2) is 4.98 Å². The number of hydrogen-bond donors (Lipinski definition) is 1. The maximum absolute atomic E-state index is 11.8. The lowest BCUT2D eigenvalue weighted by molar-refractivity contribution is 0.0957. The molecule has 2 aromatic rings. The molecule has 1 N–H and O–H groups in total. The molecule has 0 aliphatic rings. The van der Waals surface area contributed by atoms with E-state index in [1.54, 1.807) is 29.8 Å². The predicted molar refractivity (Wildman–Crippen MR) is 75.4 cm³/mol. The van der Waals surface area contributed by atoms with Gasteiger partial charge in [0.1, 0.15) is 12.4 Å². The zero-order valence-electron chi connectivity index (χ0n) is 10.3. The fourth-order valence-electron chi connectivity index (χ4n) is 1.46. The first-order valence-corrected chi connectivity index (χ1v) is 6.73. The summed E-state index contributed by atoms with van der Waals surface area (Å²) in [6.45, 7) is 4.41. The predicted octanol–water partition coefficient (Wildman–Crippen LogP) is 2.64. The van der Waals surface area contributed by atoms with Gasteiger partial charge < -0.3 is 10.1 Å². The van der Waals surface area contributed by atoms with Gasteiger partial charge in [0.25, 0.3) is 5.91 Å². The normalized spacial score (nSPS) is 9.89. The molecule has 0 aliphatic heterocycles. The molecule has 4 nitrogen and oxygen atoms in total. The van der Waals surface area contributed by atoms with Crippen molar-refractivity contribution in [3.8, 4) is 5.75 Å². The van der Waals surface area contributed by atoms with Crippen LogP contribution in [0.5, 0.6) is 5.75 Å². The number of nitrogens with one attached hydrogen (secondary N) is 1. The molecular weight excluding hydrogens is 260 g/mol. The van der Waals surface area contributed by atoms with Crippen molar-refractivity contribution < 1.29 is 9.53 Å². The van der Waals surface area contributed by atoms with Crippen LogP contribution in [0.25, 0.3) is 0 Å². The molecule has 0 fully saturated rings. The second-order valence-electron chi connectivity index (χ2n) is 3.79. The molecule has 0 spiro atoms. The average Bonchev–Trinajstić information content (AvgIpc) is 2.96. The van der Waals surface area contributed by atoms with Crippen LogP contribution in [0.3, 0.4) is 0 Å². The molecular formula is C14H14N2O2S. The molecule has 0 saturated carbocycles. The van der Waals surface area contributed by atoms with E-state index >= 15 is 0 Å². The van der Waals surface area contributed by atoms with Gasteiger partial charge in [0.15, 0.2) is 0 Å². The van der Waals surface area contributed by atoms with Crippen LogP contribution in [0.15, 0.2) is 47.8 Å². The fourth-order valence-corrected chi connectivity index (χ4v) is 2.00. The highest BCUT2D eigenvalue weighted by molar-refractivity contribution is 7.07. The minimum atomic E-state index is -0.140. The molecule has 98 valence electrons. The SMILES string of the molecule is C=CCNC(=O)c1cccc(OCc2cscn2)c1. The monoisotopic (exact) mass is 274 g/mol. The van der Waals surface area contributed by atoms with E-state index in [1.807, 2.05) is 11.4 Å². The molecule has 5 heteroatoms. The molecule has 0 unspecified atom stereocenters. The van der Waals surface area contributed by atoms with Crippen molar-refractivity contribution in [3.63, 3.8) is 0 Å². The first-order valence-electron chi connectivity index (χ1n) is 5.78. The number of ether oxygens (including phenoxy) is 1. The highest BCUT2D eigenvalue weighted by atomic mass is 32.1. The molecule has 0 bridgehead atoms. The van der Waals surface area contributed by atoms with E-state index in [4.69, 9.17) is 4.74 Å². The summed E-state index contributed by atoms with van der Waals surface area (Å²) < 4.78 is 5.59. The van der Waals surface area contributed by atoms with Crippen LogP contribution in [-0.2, 0) is 6.61 Å². The van der Waals surface area contributed by atoms with Gasteiger partial charge in [-0.15, -0.1) is 17.9 Å². The highest BCUT2D eigenvalue weighted by Crippen LogP contribution is 2.15. The minimum Gasteiger partial charge on any atom is -0.487 e. The van der Waals surface area contributed by atoms with Gasteiger partial charge in [0.2, 0.25) is 0 Å². The zero-order chi connectivity index (χ0) is 13.5. The van der Waals surface area contributed by atoms with Crippen LogP contribution in [0.2, 0.25) is 0 Å². The van der Waals surface area contributed by atoms with Crippen molar-refractivity contribution >= 4 is 17.2 Å². The number of thiazole rings is 1. The third kappa shape index (κ3) is 3.93. The molecule has 0 saturated heterocycles. The van der Waals surface area contributed by atoms with E-state index in [9.17, 15) is 4.79 Å². The van der Waals surface area contributed by atoms with Gasteiger partial charge in [-0.3, -0.25) is 4.79 Å². The van der Waals surface area contributed by atoms with E-state index in [-0.39, 0.29) is 5.91 Å². The Bertz CT molecular complexity index is 552. The average molecular weight is 274 g/mol. The number of benzene rings is 1. The summed E-state index contributed by atoms with van der Waals surface area (Å²) in [5.74, 6) is 0.512. The summed E-state index contributed by atoms with van der Waals surface area (Å²) in [4.78, 5) is 15.9. The van der Waals surface area contributed by atoms with Gasteiger partial charge >= 0.3 is 0 Å². The van der Waals surface area contributed by atoms with Crippen molar-refractivity contribution in [2.75, 3.05) is 6.54 Å². The minimum absolute atomic E-state index is 0.140. The summed E-state index contributed by atoms with van der Waals surface area (Å²) in [5.41, 5.74) is 3.21. The van der Waals surface area contributed by atoms with Crippen molar-refractivity contribution in [2.24, 2.45) is 0 Å². The summed E-state index contributed by atoms with van der Waals surface area (Å²) in [5, 5.41) is 4.65. The van der Waals surface area contributed by atoms with Crippen LogP contribution < -0.4 is 10.1 Å². The van der Waals surface area contributed by atoms with Crippen LogP contribution in [0.1, 0.15) is 16.1 Å². The van der Waals surface area contributed by atoms with Crippen molar-refractivity contribution in [3.05, 3.63) is 59.1 Å². The van der Waals surface area contributed by atoms with Gasteiger partial charge in [-0.1, -0.05) is 12.1 Å². The largest absolute Gasteiger partial charge is 0.487 e. The second-order valence-corrected chi connectivity index (χ2v) is 4.51. The summed E-state index contributed by atoms with van der Waals surface area (Å²) in [6, 6.07) is 7.06. The number of hydrogen-bond acceptors (Lipinski definition) is 4. The Morgan fingerprint density at radius 1 is 1.53 bits per heavy atom. The molecule has 2 rings (SSSR count). The van der Waals surface area contributed by atoms with Gasteiger partial charge in [-0.05, 0) is 18.2 Å². The lowest BCUT2D eigenvalue weighted by Crippen LogP contribution is -2.23. The van der Waals surface area contributed by atoms with E-state index in [0.29, 0.717) is 24.5 Å². The smallest absolute Gasteiger partial charge is 0.251 e. The van der Waals surface area contributed by atoms with Crippen molar-refractivity contribution in [2.45, 2.75) is 6.61 Å². The van der Waals surface area contributed by atoms with Crippen LogP contribution in [0.4, 0.5) is 0 Å². The van der Waals surface area contributed by atoms with E-state index in [2.05, 4.69) is 16.9 Å². The zero-order valence-corrected chi connectivity index (χ0v) is 11.2. The summed E-state index contributed by atoms with van der Waals surface area (Å²) in [6.07, 6.45) is 1.64. The third-order valence-electron chi connectivity index (χ3n) is 2.37. The Labute approximate surface area is 115 Å². The van der Waals surface area contributed by atoms with Gasteiger partial charge in [0.05, 0.1) is 11.2 Å². The third-order valence-corrected chi connectivity index (χ3v) is 3.01. The summed E-state index contributed by atoms with van der Waals surface area (Å²) in [7, 11) is 0. The molecule has 0 atom stereocenters. The Balaban J connectivity index is 1.98. The van der Waals surface area contributed by atoms with E-state index in [0.717, 1.165) is 5.69 Å². The Kier molecular flexibility index (Phi) is 4.69. The molecule has 0 aliphatic carbocycles. The first kappa shape index (κ1) is 13.3. The van der Waals surface area contributed by atoms with Gasteiger partial charge in [0, 0.05) is 17.5 Å². The number of amides is 1. The molecule has 1 aromatic heterocycles. The molecule has 1 amide bonds. The van der Waals surface area contributed by atoms with Crippen molar-refractivity contribution in [1.82, 2.24) is 10.3 Å². The number of carbonyl (C=O) groups excluding carboxylic acids is 1. The Morgan fingerprint density at radius 2 is 2.42 bits per heavy atom. The summed E-state index contributed by atoms with van der Waals surface area (Å²) >= 11 is 1.53. The maximum Gasteiger partial charge on any atom is 0.251 e. The van der Waals surface area contributed by atoms with Crippen LogP contribution >= 0.6 is 11.3 Å². The Morgan fingerprint density at radius 3 is 3.16 bits per heavy atom. The molecule has 1 heterocycles. The lowest BCUT2D eigenvalue weighted by atomic mass is 10.2. The topological polar surface area (TPSA) is 51.2 Å². The molecule has 1 aromatic carbocycles. The Hall–Kier alpha value is -2.14. The lowest BCUT2D eigenvalue weighted by Gasteiger charge is -2.07. The van der Waals surface area contributed by atoms with Crippen molar-refractivity contribution in [1.29, 1.82) is 0 Å². The van der Waals surface area contributed by atoms with Crippen LogP contribution in [0, 0.1) is 0 Å². The number of rotatable bonds is 6. The fraction of sp³-hybridized carbons (Fsp3) is 0.143. The van der Waals surface area contributed by atoms with E-state index in [1.165, 1.54) is 11.3 Å². The standard InChI is InChI=1S/C14H14N2O2S/c1-2-6-15-14(17)11-4-3-5-13(7-11)18-8-12-9-19-10-16-12/h2-5,7,9-10H,1,6,8H2,(H,15,17). The highest BCUT2D eigenvalue weighted by Gasteiger charge is 2.05. The number of nitrogens with zero attached hydrogens (tertiary/aromatic N) is 1. The quantitative estimate of drug-likeness (QED) is 0.824. The first-order chi connectivity index (χ1) is 9.29. The van der Waals surface area contributed by atoms with Crippen LogP contribution in [-0.4, -0.2) is 17.4 Å². The molecule has 0 radical (unpaired) electrons. The van der Waals surface area contributed by atoms with E-state index < -0.39 is 0 Å². The second kappa shape index (κ2) is 6.70.